The predicted molar refractivity (Wildman–Crippen MR) is 81.9 cm³/mol. The van der Waals surface area contributed by atoms with E-state index in [0.717, 1.165) is 5.56 Å². The Bertz CT molecular complexity index is 536. The second kappa shape index (κ2) is 7.26. The molecule has 114 valence electrons. The molecule has 5 nitrogen and oxygen atoms in total. The summed E-state index contributed by atoms with van der Waals surface area (Å²) in [5, 5.41) is 3.19. The first kappa shape index (κ1) is 17.2. The quantitative estimate of drug-likeness (QED) is 0.907. The molecule has 0 spiro atoms. The van der Waals surface area contributed by atoms with Gasteiger partial charge in [0.15, 0.2) is 0 Å². The number of nitrogens with one attached hydrogen (secondary N) is 1. The van der Waals surface area contributed by atoms with E-state index in [9.17, 15) is 8.42 Å². The number of sulfonamides is 1. The third-order valence-electron chi connectivity index (χ3n) is 3.28. The lowest BCUT2D eigenvalue weighted by atomic mass is 10.2. The number of hydrogen-bond acceptors (Lipinski definition) is 4. The van der Waals surface area contributed by atoms with E-state index in [4.69, 9.17) is 4.74 Å². The molecule has 1 aromatic carbocycles. The normalized spacial score (nSPS) is 20.2. The zero-order valence-electron chi connectivity index (χ0n) is 11.7. The molecular formula is C13H21ClN2O3S. The van der Waals surface area contributed by atoms with E-state index in [2.05, 4.69) is 5.32 Å². The predicted octanol–water partition coefficient (Wildman–Crippen LogP) is 1.24. The second-order valence-electron chi connectivity index (χ2n) is 4.77. The molecule has 0 saturated carbocycles. The van der Waals surface area contributed by atoms with Crippen LogP contribution >= 0.6 is 12.4 Å². The number of rotatable bonds is 4. The van der Waals surface area contributed by atoms with E-state index >= 15 is 0 Å². The molecule has 0 amide bonds. The fourth-order valence-corrected chi connectivity index (χ4v) is 4.05. The minimum absolute atomic E-state index is 0. The SMILES string of the molecule is COc1cccc(CS(=O)(=O)N2CCNCC2C)c1.Cl. The Morgan fingerprint density at radius 3 is 2.85 bits per heavy atom. The lowest BCUT2D eigenvalue weighted by molar-refractivity contribution is 0.283. The summed E-state index contributed by atoms with van der Waals surface area (Å²) < 4.78 is 31.5. The fourth-order valence-electron chi connectivity index (χ4n) is 2.29. The highest BCUT2D eigenvalue weighted by molar-refractivity contribution is 7.88. The first-order valence-electron chi connectivity index (χ1n) is 6.36. The second-order valence-corrected chi connectivity index (χ2v) is 6.69. The lowest BCUT2D eigenvalue weighted by Crippen LogP contribution is -2.52. The van der Waals surface area contributed by atoms with Crippen molar-refractivity contribution < 1.29 is 13.2 Å². The van der Waals surface area contributed by atoms with Crippen molar-refractivity contribution in [2.24, 2.45) is 0 Å². The van der Waals surface area contributed by atoms with Crippen molar-refractivity contribution in [2.45, 2.75) is 18.7 Å². The molecule has 1 aliphatic rings. The zero-order valence-corrected chi connectivity index (χ0v) is 13.3. The maximum absolute atomic E-state index is 12.4. The Hall–Kier alpha value is -0.820. The maximum atomic E-state index is 12.4. The van der Waals surface area contributed by atoms with Gasteiger partial charge in [0.05, 0.1) is 12.9 Å². The third kappa shape index (κ3) is 4.09. The van der Waals surface area contributed by atoms with Crippen LogP contribution < -0.4 is 10.1 Å². The van der Waals surface area contributed by atoms with Gasteiger partial charge in [-0.3, -0.25) is 0 Å². The molecule has 20 heavy (non-hydrogen) atoms. The summed E-state index contributed by atoms with van der Waals surface area (Å²) in [7, 11) is -1.70. The van der Waals surface area contributed by atoms with Gasteiger partial charge in [-0.15, -0.1) is 12.4 Å². The molecule has 1 aliphatic heterocycles. The average molecular weight is 321 g/mol. The number of nitrogens with zero attached hydrogens (tertiary/aromatic N) is 1. The van der Waals surface area contributed by atoms with Crippen LogP contribution in [0.15, 0.2) is 24.3 Å². The van der Waals surface area contributed by atoms with Gasteiger partial charge >= 0.3 is 0 Å². The molecule has 1 heterocycles. The van der Waals surface area contributed by atoms with Crippen LogP contribution in [0.4, 0.5) is 0 Å². The van der Waals surface area contributed by atoms with Crippen molar-refractivity contribution in [1.29, 1.82) is 0 Å². The average Bonchev–Trinajstić information content (AvgIpc) is 2.38. The highest BCUT2D eigenvalue weighted by Crippen LogP contribution is 2.18. The Kier molecular flexibility index (Phi) is 6.26. The van der Waals surface area contributed by atoms with Gasteiger partial charge in [-0.25, -0.2) is 8.42 Å². The van der Waals surface area contributed by atoms with Gasteiger partial charge in [-0.1, -0.05) is 12.1 Å². The molecule has 2 rings (SSSR count). The van der Waals surface area contributed by atoms with Crippen molar-refractivity contribution in [3.8, 4) is 5.75 Å². The smallest absolute Gasteiger partial charge is 0.218 e. The van der Waals surface area contributed by atoms with E-state index in [1.54, 1.807) is 17.5 Å². The number of methoxy groups -OCH3 is 1. The first-order chi connectivity index (χ1) is 9.03. The van der Waals surface area contributed by atoms with Gasteiger partial charge in [0, 0.05) is 25.7 Å². The van der Waals surface area contributed by atoms with Crippen LogP contribution in [0.2, 0.25) is 0 Å². The van der Waals surface area contributed by atoms with Crippen LogP contribution in [0.25, 0.3) is 0 Å². The summed E-state index contributed by atoms with van der Waals surface area (Å²) in [5.41, 5.74) is 0.755. The zero-order chi connectivity index (χ0) is 13.9. The van der Waals surface area contributed by atoms with Gasteiger partial charge in [-0.2, -0.15) is 4.31 Å². The van der Waals surface area contributed by atoms with Crippen LogP contribution in [-0.2, 0) is 15.8 Å². The van der Waals surface area contributed by atoms with E-state index < -0.39 is 10.0 Å². The summed E-state index contributed by atoms with van der Waals surface area (Å²) in [6.07, 6.45) is 0. The number of benzene rings is 1. The van der Waals surface area contributed by atoms with Crippen LogP contribution in [0.3, 0.4) is 0 Å². The van der Waals surface area contributed by atoms with E-state index in [0.29, 0.717) is 25.4 Å². The molecule has 0 aromatic heterocycles. The van der Waals surface area contributed by atoms with E-state index in [1.165, 1.54) is 0 Å². The van der Waals surface area contributed by atoms with Crippen LogP contribution in [0, 0.1) is 0 Å². The Labute approximate surface area is 126 Å². The molecule has 1 aromatic rings. The molecule has 1 atom stereocenters. The fraction of sp³-hybridized carbons (Fsp3) is 0.538. The topological polar surface area (TPSA) is 58.6 Å². The monoisotopic (exact) mass is 320 g/mol. The van der Waals surface area contributed by atoms with Crippen molar-refractivity contribution in [2.75, 3.05) is 26.7 Å². The Morgan fingerprint density at radius 2 is 2.20 bits per heavy atom. The highest BCUT2D eigenvalue weighted by atomic mass is 35.5. The molecule has 1 saturated heterocycles. The molecule has 0 aliphatic carbocycles. The lowest BCUT2D eigenvalue weighted by Gasteiger charge is -2.32. The molecule has 1 fully saturated rings. The summed E-state index contributed by atoms with van der Waals surface area (Å²) in [5.74, 6) is 0.704. The highest BCUT2D eigenvalue weighted by Gasteiger charge is 2.29. The minimum atomic E-state index is -3.27. The van der Waals surface area contributed by atoms with Crippen molar-refractivity contribution in [1.82, 2.24) is 9.62 Å². The minimum Gasteiger partial charge on any atom is -0.497 e. The van der Waals surface area contributed by atoms with Crippen LogP contribution in [0.1, 0.15) is 12.5 Å². The summed E-state index contributed by atoms with van der Waals surface area (Å²) >= 11 is 0. The molecule has 7 heteroatoms. The summed E-state index contributed by atoms with van der Waals surface area (Å²) in [4.78, 5) is 0. The summed E-state index contributed by atoms with van der Waals surface area (Å²) in [6.45, 7) is 3.88. The molecule has 0 bridgehead atoms. The van der Waals surface area contributed by atoms with Gasteiger partial charge in [0.2, 0.25) is 10.0 Å². The van der Waals surface area contributed by atoms with Crippen LogP contribution in [-0.4, -0.2) is 45.5 Å². The molecular weight excluding hydrogens is 300 g/mol. The molecule has 1 unspecified atom stereocenters. The van der Waals surface area contributed by atoms with Crippen LogP contribution in [0.5, 0.6) is 5.75 Å². The Morgan fingerprint density at radius 1 is 1.45 bits per heavy atom. The molecule has 0 radical (unpaired) electrons. The number of ether oxygens (including phenoxy) is 1. The first-order valence-corrected chi connectivity index (χ1v) is 7.97. The third-order valence-corrected chi connectivity index (χ3v) is 5.24. The van der Waals surface area contributed by atoms with Gasteiger partial charge in [0.25, 0.3) is 0 Å². The number of halogens is 1. The van der Waals surface area contributed by atoms with Crippen molar-refractivity contribution in [3.05, 3.63) is 29.8 Å². The van der Waals surface area contributed by atoms with Gasteiger partial charge in [-0.05, 0) is 24.6 Å². The van der Waals surface area contributed by atoms with Crippen molar-refractivity contribution in [3.63, 3.8) is 0 Å². The maximum Gasteiger partial charge on any atom is 0.218 e. The van der Waals surface area contributed by atoms with Crippen molar-refractivity contribution >= 4 is 22.4 Å². The summed E-state index contributed by atoms with van der Waals surface area (Å²) in [6, 6.07) is 7.20. The van der Waals surface area contributed by atoms with E-state index in [1.807, 2.05) is 25.1 Å². The standard InChI is InChI=1S/C13H20N2O3S.ClH/c1-11-9-14-6-7-15(11)19(16,17)10-12-4-3-5-13(8-12)18-2;/h3-5,8,11,14H,6-7,9-10H2,1-2H3;1H. The largest absolute Gasteiger partial charge is 0.497 e. The van der Waals surface area contributed by atoms with Gasteiger partial charge < -0.3 is 10.1 Å². The molecule has 1 N–H and O–H groups in total. The van der Waals surface area contributed by atoms with E-state index in [-0.39, 0.29) is 24.2 Å². The Balaban J connectivity index is 0.00000200. The van der Waals surface area contributed by atoms with Gasteiger partial charge in [0.1, 0.15) is 5.75 Å². The number of hydrogen-bond donors (Lipinski definition) is 1. The number of piperazine rings is 1.